The van der Waals surface area contributed by atoms with Crippen LogP contribution < -0.4 is 0 Å². The van der Waals surface area contributed by atoms with Gasteiger partial charge >= 0.3 is 0 Å². The van der Waals surface area contributed by atoms with Gasteiger partial charge in [-0.1, -0.05) is 43.1 Å². The number of benzene rings is 1. The molecule has 2 nitrogen and oxygen atoms in total. The van der Waals surface area contributed by atoms with Crippen LogP contribution in [0.2, 0.25) is 10.0 Å². The summed E-state index contributed by atoms with van der Waals surface area (Å²) in [6, 6.07) is 5.39. The van der Waals surface area contributed by atoms with Gasteiger partial charge in [-0.15, -0.1) is 11.6 Å². The minimum absolute atomic E-state index is 0.355. The molecule has 0 unspecified atom stereocenters. The topological polar surface area (TPSA) is 17.8 Å². The largest absolute Gasteiger partial charge is 0.233 e. The zero-order valence-corrected chi connectivity index (χ0v) is 12.4. The molecule has 0 amide bonds. The maximum absolute atomic E-state index is 6.19. The molecule has 1 aromatic carbocycles. The van der Waals surface area contributed by atoms with Crippen LogP contribution in [0.4, 0.5) is 0 Å². The first-order chi connectivity index (χ1) is 8.56. The predicted molar refractivity (Wildman–Crippen MR) is 77.2 cm³/mol. The Labute approximate surface area is 121 Å². The van der Waals surface area contributed by atoms with Crippen molar-refractivity contribution in [1.29, 1.82) is 0 Å². The van der Waals surface area contributed by atoms with E-state index in [1.54, 1.807) is 22.9 Å². The first kappa shape index (κ1) is 13.7. The highest BCUT2D eigenvalue weighted by Crippen LogP contribution is 2.31. The van der Waals surface area contributed by atoms with Crippen LogP contribution in [0, 0.1) is 0 Å². The Morgan fingerprint density at radius 2 is 1.83 bits per heavy atom. The molecule has 96 valence electrons. The standard InChI is InChI=1S/C13H13Cl3N2/c1-8(2)9-7-17-18(12(9)6-14)13-10(15)4-3-5-11(13)16/h3-5,7-8H,6H2,1-2H3. The number of rotatable bonds is 3. The summed E-state index contributed by atoms with van der Waals surface area (Å²) in [6.45, 7) is 4.21. The SMILES string of the molecule is CC(C)c1cnn(-c2c(Cl)cccc2Cl)c1CCl. The highest BCUT2D eigenvalue weighted by molar-refractivity contribution is 6.37. The molecular weight excluding hydrogens is 291 g/mol. The monoisotopic (exact) mass is 302 g/mol. The summed E-state index contributed by atoms with van der Waals surface area (Å²) in [6.07, 6.45) is 1.82. The highest BCUT2D eigenvalue weighted by Gasteiger charge is 2.17. The molecule has 2 rings (SSSR count). The van der Waals surface area contributed by atoms with E-state index in [0.29, 0.717) is 27.5 Å². The van der Waals surface area contributed by atoms with Crippen LogP contribution in [0.5, 0.6) is 0 Å². The Hall–Kier alpha value is -0.700. The lowest BCUT2D eigenvalue weighted by atomic mass is 10.1. The van der Waals surface area contributed by atoms with Crippen LogP contribution in [-0.2, 0) is 5.88 Å². The van der Waals surface area contributed by atoms with Gasteiger partial charge in [0.15, 0.2) is 0 Å². The van der Waals surface area contributed by atoms with Crippen molar-refractivity contribution in [2.24, 2.45) is 0 Å². The fraction of sp³-hybridized carbons (Fsp3) is 0.308. The van der Waals surface area contributed by atoms with E-state index in [2.05, 4.69) is 18.9 Å². The van der Waals surface area contributed by atoms with Crippen LogP contribution in [0.1, 0.15) is 31.0 Å². The van der Waals surface area contributed by atoms with Crippen LogP contribution in [0.15, 0.2) is 24.4 Å². The predicted octanol–water partition coefficient (Wildman–Crippen LogP) is 5.04. The third-order valence-electron chi connectivity index (χ3n) is 2.80. The molecule has 0 atom stereocenters. The summed E-state index contributed by atoms with van der Waals surface area (Å²) in [4.78, 5) is 0. The normalized spacial score (nSPS) is 11.2. The second-order valence-electron chi connectivity index (χ2n) is 4.32. The van der Waals surface area contributed by atoms with E-state index in [1.807, 2.05) is 6.20 Å². The third kappa shape index (κ3) is 2.37. The number of aromatic nitrogens is 2. The lowest BCUT2D eigenvalue weighted by Gasteiger charge is -2.11. The maximum Gasteiger partial charge on any atom is 0.102 e. The van der Waals surface area contributed by atoms with E-state index in [0.717, 1.165) is 11.3 Å². The van der Waals surface area contributed by atoms with Crippen molar-refractivity contribution in [3.63, 3.8) is 0 Å². The van der Waals surface area contributed by atoms with Crippen molar-refractivity contribution in [1.82, 2.24) is 9.78 Å². The molecule has 0 aliphatic carbocycles. The molecule has 0 saturated heterocycles. The quantitative estimate of drug-likeness (QED) is 0.726. The van der Waals surface area contributed by atoms with E-state index in [-0.39, 0.29) is 0 Å². The molecule has 1 heterocycles. The van der Waals surface area contributed by atoms with Crippen molar-refractivity contribution < 1.29 is 0 Å². The summed E-state index contributed by atoms with van der Waals surface area (Å²) in [5, 5.41) is 5.49. The maximum atomic E-state index is 6.19. The van der Waals surface area contributed by atoms with Gasteiger partial charge in [0.05, 0.1) is 27.8 Å². The summed E-state index contributed by atoms with van der Waals surface area (Å²) in [5.41, 5.74) is 2.73. The molecular formula is C13H13Cl3N2. The Balaban J connectivity index is 2.65. The number of hydrogen-bond donors (Lipinski definition) is 0. The van der Waals surface area contributed by atoms with Crippen LogP contribution in [-0.4, -0.2) is 9.78 Å². The summed E-state index contributed by atoms with van der Waals surface area (Å²) < 4.78 is 1.73. The third-order valence-corrected chi connectivity index (χ3v) is 3.66. The molecule has 0 fully saturated rings. The molecule has 18 heavy (non-hydrogen) atoms. The zero-order valence-electron chi connectivity index (χ0n) is 10.1. The van der Waals surface area contributed by atoms with Crippen molar-refractivity contribution in [2.45, 2.75) is 25.6 Å². The Bertz CT molecular complexity index is 541. The van der Waals surface area contributed by atoms with Gasteiger partial charge in [-0.3, -0.25) is 0 Å². The summed E-state index contributed by atoms with van der Waals surface area (Å²) in [7, 11) is 0. The van der Waals surface area contributed by atoms with E-state index in [4.69, 9.17) is 34.8 Å². The molecule has 0 radical (unpaired) electrons. The van der Waals surface area contributed by atoms with E-state index in [9.17, 15) is 0 Å². The second kappa shape index (κ2) is 5.52. The Kier molecular flexibility index (Phi) is 4.21. The van der Waals surface area contributed by atoms with Gasteiger partial charge in [0.2, 0.25) is 0 Å². The van der Waals surface area contributed by atoms with E-state index < -0.39 is 0 Å². The van der Waals surface area contributed by atoms with Gasteiger partial charge in [-0.05, 0) is 23.6 Å². The molecule has 0 aliphatic rings. The molecule has 0 spiro atoms. The molecule has 5 heteroatoms. The fourth-order valence-corrected chi connectivity index (χ4v) is 2.71. The van der Waals surface area contributed by atoms with E-state index >= 15 is 0 Å². The second-order valence-corrected chi connectivity index (χ2v) is 5.40. The van der Waals surface area contributed by atoms with Gasteiger partial charge < -0.3 is 0 Å². The van der Waals surface area contributed by atoms with Gasteiger partial charge in [-0.2, -0.15) is 5.10 Å². The summed E-state index contributed by atoms with van der Waals surface area (Å²) >= 11 is 18.4. The van der Waals surface area contributed by atoms with Gasteiger partial charge in [0.25, 0.3) is 0 Å². The lowest BCUT2D eigenvalue weighted by molar-refractivity contribution is 0.816. The average molecular weight is 304 g/mol. The molecule has 0 N–H and O–H groups in total. The zero-order chi connectivity index (χ0) is 13.3. The van der Waals surface area contributed by atoms with Crippen molar-refractivity contribution in [3.05, 3.63) is 45.7 Å². The highest BCUT2D eigenvalue weighted by atomic mass is 35.5. The molecule has 0 saturated carbocycles. The number of para-hydroxylation sites is 1. The van der Waals surface area contributed by atoms with Crippen LogP contribution >= 0.6 is 34.8 Å². The van der Waals surface area contributed by atoms with Crippen molar-refractivity contribution in [3.8, 4) is 5.69 Å². The molecule has 0 aliphatic heterocycles. The molecule has 2 aromatic rings. The molecule has 1 aromatic heterocycles. The van der Waals surface area contributed by atoms with Crippen LogP contribution in [0.3, 0.4) is 0 Å². The first-order valence-corrected chi connectivity index (χ1v) is 6.92. The van der Waals surface area contributed by atoms with Crippen molar-refractivity contribution in [2.75, 3.05) is 0 Å². The van der Waals surface area contributed by atoms with Crippen molar-refractivity contribution >= 4 is 34.8 Å². The Morgan fingerprint density at radius 3 is 2.33 bits per heavy atom. The average Bonchev–Trinajstić information content (AvgIpc) is 2.72. The van der Waals surface area contributed by atoms with Crippen LogP contribution in [0.25, 0.3) is 5.69 Å². The number of nitrogens with zero attached hydrogens (tertiary/aromatic N) is 2. The minimum atomic E-state index is 0.355. The number of halogens is 3. The smallest absolute Gasteiger partial charge is 0.102 e. The van der Waals surface area contributed by atoms with Gasteiger partial charge in [0, 0.05) is 0 Å². The Morgan fingerprint density at radius 1 is 1.22 bits per heavy atom. The summed E-state index contributed by atoms with van der Waals surface area (Å²) in [5.74, 6) is 0.725. The fourth-order valence-electron chi connectivity index (χ4n) is 1.89. The van der Waals surface area contributed by atoms with Gasteiger partial charge in [-0.25, -0.2) is 4.68 Å². The van der Waals surface area contributed by atoms with E-state index in [1.165, 1.54) is 0 Å². The van der Waals surface area contributed by atoms with Gasteiger partial charge in [0.1, 0.15) is 5.69 Å². The number of alkyl halides is 1. The lowest BCUT2D eigenvalue weighted by Crippen LogP contribution is -2.04. The molecule has 0 bridgehead atoms. The number of hydrogen-bond acceptors (Lipinski definition) is 1. The minimum Gasteiger partial charge on any atom is -0.233 e. The first-order valence-electron chi connectivity index (χ1n) is 5.63.